The third kappa shape index (κ3) is 7.59. The van der Waals surface area contributed by atoms with Gasteiger partial charge in [-0.15, -0.1) is 0 Å². The van der Waals surface area contributed by atoms with Crippen molar-refractivity contribution in [2.24, 2.45) is 5.92 Å². The monoisotopic (exact) mass is 672 g/mol. The van der Waals surface area contributed by atoms with Gasteiger partial charge in [-0.1, -0.05) is 37.6 Å². The second kappa shape index (κ2) is 13.9. The molecule has 0 aliphatic carbocycles. The minimum atomic E-state index is -1.08. The van der Waals surface area contributed by atoms with Crippen LogP contribution >= 0.6 is 34.2 Å². The number of carbonyl (C=O) groups is 4. The molecule has 2 aromatic rings. The Bertz CT molecular complexity index is 1210. The topological polar surface area (TPSA) is 149 Å². The Kier molecular flexibility index (Phi) is 10.9. The van der Waals surface area contributed by atoms with Crippen molar-refractivity contribution in [3.63, 3.8) is 0 Å². The number of hydrogen-bond donors (Lipinski definition) is 4. The molecule has 1 fully saturated rings. The van der Waals surface area contributed by atoms with Gasteiger partial charge in [0.1, 0.15) is 17.8 Å². The lowest BCUT2D eigenvalue weighted by atomic mass is 10.0. The standard InChI is InChI=1S/C26H30ClIN4O7/c1-15(2)23(24(36)29-20-8-5-17(28)13-19(20)27)32-25(37)22(30-26(32)38)16-3-6-18(7-4-16)39-14-21(35)31(9-11-33)10-12-34/h3-8,13,15,22-23,33-34H,9-12,14H2,1-2H3,(H,29,36)(H,30,38)/t22-,23?/m1/s1. The van der Waals surface area contributed by atoms with Gasteiger partial charge in [0.05, 0.1) is 23.9 Å². The van der Waals surface area contributed by atoms with Crippen LogP contribution in [-0.4, -0.2) is 82.7 Å². The summed E-state index contributed by atoms with van der Waals surface area (Å²) in [4.78, 5) is 53.9. The van der Waals surface area contributed by atoms with Crippen LogP contribution in [-0.2, 0) is 14.4 Å². The Hall–Kier alpha value is -2.94. The molecule has 0 bridgehead atoms. The molecule has 0 radical (unpaired) electrons. The molecule has 1 heterocycles. The molecule has 39 heavy (non-hydrogen) atoms. The molecule has 1 unspecified atom stereocenters. The molecule has 0 spiro atoms. The van der Waals surface area contributed by atoms with Gasteiger partial charge in [-0.25, -0.2) is 9.69 Å². The maximum atomic E-state index is 13.3. The van der Waals surface area contributed by atoms with Crippen molar-refractivity contribution in [3.05, 3.63) is 56.6 Å². The molecule has 210 valence electrons. The largest absolute Gasteiger partial charge is 0.484 e. The maximum absolute atomic E-state index is 13.3. The van der Waals surface area contributed by atoms with E-state index in [0.717, 1.165) is 8.47 Å². The second-order valence-electron chi connectivity index (χ2n) is 9.08. The highest BCUT2D eigenvalue weighted by atomic mass is 127. The fraction of sp³-hybridized carbons (Fsp3) is 0.385. The van der Waals surface area contributed by atoms with Crippen LogP contribution in [0, 0.1) is 9.49 Å². The molecule has 5 amide bonds. The highest BCUT2D eigenvalue weighted by Crippen LogP contribution is 2.29. The molecule has 0 aromatic heterocycles. The van der Waals surface area contributed by atoms with Crippen molar-refractivity contribution in [3.8, 4) is 5.75 Å². The van der Waals surface area contributed by atoms with E-state index in [1.165, 1.54) is 4.90 Å². The number of imide groups is 1. The average molecular weight is 673 g/mol. The first-order valence-corrected chi connectivity index (χ1v) is 13.6. The summed E-state index contributed by atoms with van der Waals surface area (Å²) in [6, 6.07) is 8.63. The van der Waals surface area contributed by atoms with E-state index in [-0.39, 0.29) is 38.8 Å². The zero-order valence-corrected chi connectivity index (χ0v) is 24.3. The van der Waals surface area contributed by atoms with Crippen LogP contribution in [0.4, 0.5) is 10.5 Å². The minimum Gasteiger partial charge on any atom is -0.484 e. The number of benzene rings is 2. The Morgan fingerprint density at radius 2 is 1.77 bits per heavy atom. The summed E-state index contributed by atoms with van der Waals surface area (Å²) < 4.78 is 6.39. The van der Waals surface area contributed by atoms with Crippen LogP contribution < -0.4 is 15.4 Å². The molecular formula is C26H30ClIN4O7. The molecule has 1 aliphatic heterocycles. The highest BCUT2D eigenvalue weighted by Gasteiger charge is 2.46. The van der Waals surface area contributed by atoms with Gasteiger partial charge < -0.3 is 30.5 Å². The van der Waals surface area contributed by atoms with Gasteiger partial charge in [-0.05, 0) is 64.4 Å². The molecule has 3 rings (SSSR count). The molecule has 2 aromatic carbocycles. The van der Waals surface area contributed by atoms with Crippen molar-refractivity contribution >= 4 is 63.6 Å². The number of amides is 5. The zero-order valence-electron chi connectivity index (χ0n) is 21.4. The van der Waals surface area contributed by atoms with Crippen LogP contribution in [0.5, 0.6) is 5.75 Å². The van der Waals surface area contributed by atoms with Crippen molar-refractivity contribution in [2.45, 2.75) is 25.9 Å². The number of nitrogens with one attached hydrogen (secondary N) is 2. The van der Waals surface area contributed by atoms with Gasteiger partial charge >= 0.3 is 6.03 Å². The lowest BCUT2D eigenvalue weighted by Gasteiger charge is -2.27. The SMILES string of the molecule is CC(C)C(C(=O)Nc1ccc(I)cc1Cl)N1C(=O)N[C@H](c2ccc(OCC(=O)N(CCO)CCO)cc2)C1=O. The Morgan fingerprint density at radius 3 is 2.33 bits per heavy atom. The number of rotatable bonds is 12. The minimum absolute atomic E-state index is 0.0782. The first kappa shape index (κ1) is 30.6. The summed E-state index contributed by atoms with van der Waals surface area (Å²) in [5.74, 6) is -1.55. The molecule has 0 saturated carbocycles. The molecule has 11 nitrogen and oxygen atoms in total. The van der Waals surface area contributed by atoms with E-state index in [9.17, 15) is 19.2 Å². The molecule has 1 aliphatic rings. The van der Waals surface area contributed by atoms with E-state index in [1.54, 1.807) is 56.3 Å². The van der Waals surface area contributed by atoms with Gasteiger partial charge in [-0.2, -0.15) is 0 Å². The number of halogens is 2. The quantitative estimate of drug-likeness (QED) is 0.200. The number of aliphatic hydroxyl groups is 2. The highest BCUT2D eigenvalue weighted by molar-refractivity contribution is 14.1. The van der Waals surface area contributed by atoms with Crippen LogP contribution in [0.2, 0.25) is 5.02 Å². The number of ether oxygens (including phenoxy) is 1. The van der Waals surface area contributed by atoms with E-state index < -0.39 is 35.8 Å². The summed E-state index contributed by atoms with van der Waals surface area (Å²) in [7, 11) is 0. The third-order valence-electron chi connectivity index (χ3n) is 6.01. The summed E-state index contributed by atoms with van der Waals surface area (Å²) in [6.45, 7) is 2.85. The fourth-order valence-electron chi connectivity index (χ4n) is 4.09. The number of carbonyl (C=O) groups excluding carboxylic acids is 4. The third-order valence-corrected chi connectivity index (χ3v) is 6.99. The van der Waals surface area contributed by atoms with Gasteiger partial charge in [-0.3, -0.25) is 14.4 Å². The number of nitrogens with zero attached hydrogens (tertiary/aromatic N) is 2. The van der Waals surface area contributed by atoms with Gasteiger partial charge in [0, 0.05) is 16.7 Å². The average Bonchev–Trinajstić information content (AvgIpc) is 3.18. The van der Waals surface area contributed by atoms with Crippen LogP contribution in [0.25, 0.3) is 0 Å². The first-order chi connectivity index (χ1) is 18.6. The molecule has 1 saturated heterocycles. The summed E-state index contributed by atoms with van der Waals surface area (Å²) >= 11 is 8.34. The molecular weight excluding hydrogens is 643 g/mol. The predicted molar refractivity (Wildman–Crippen MR) is 152 cm³/mol. The maximum Gasteiger partial charge on any atom is 0.325 e. The molecule has 2 atom stereocenters. The predicted octanol–water partition coefficient (Wildman–Crippen LogP) is 2.39. The normalized spacial score (nSPS) is 15.8. The summed E-state index contributed by atoms with van der Waals surface area (Å²) in [5.41, 5.74) is 0.849. The first-order valence-electron chi connectivity index (χ1n) is 12.2. The van der Waals surface area contributed by atoms with Crippen LogP contribution in [0.1, 0.15) is 25.5 Å². The van der Waals surface area contributed by atoms with Gasteiger partial charge in [0.25, 0.3) is 11.8 Å². The van der Waals surface area contributed by atoms with E-state index in [0.29, 0.717) is 22.0 Å². The smallest absolute Gasteiger partial charge is 0.325 e. The van der Waals surface area contributed by atoms with Crippen molar-refractivity contribution in [1.29, 1.82) is 0 Å². The van der Waals surface area contributed by atoms with E-state index in [1.807, 2.05) is 0 Å². The number of urea groups is 1. The van der Waals surface area contributed by atoms with Crippen molar-refractivity contribution in [2.75, 3.05) is 38.2 Å². The lowest BCUT2D eigenvalue weighted by molar-refractivity contribution is -0.135. The van der Waals surface area contributed by atoms with E-state index in [2.05, 4.69) is 33.2 Å². The number of hydrogen-bond acceptors (Lipinski definition) is 7. The fourth-order valence-corrected chi connectivity index (χ4v) is 5.00. The number of anilines is 1. The van der Waals surface area contributed by atoms with Crippen LogP contribution in [0.15, 0.2) is 42.5 Å². The van der Waals surface area contributed by atoms with Crippen molar-refractivity contribution < 1.29 is 34.1 Å². The van der Waals surface area contributed by atoms with E-state index in [4.69, 9.17) is 26.6 Å². The number of aliphatic hydroxyl groups excluding tert-OH is 2. The van der Waals surface area contributed by atoms with Crippen molar-refractivity contribution in [1.82, 2.24) is 15.1 Å². The Morgan fingerprint density at radius 1 is 1.13 bits per heavy atom. The zero-order chi connectivity index (χ0) is 28.7. The van der Waals surface area contributed by atoms with Gasteiger partial charge in [0.2, 0.25) is 5.91 Å². The molecule has 4 N–H and O–H groups in total. The Labute approximate surface area is 244 Å². The lowest BCUT2D eigenvalue weighted by Crippen LogP contribution is -2.50. The Balaban J connectivity index is 1.69. The van der Waals surface area contributed by atoms with E-state index >= 15 is 0 Å². The summed E-state index contributed by atoms with van der Waals surface area (Å²) in [6.07, 6.45) is 0. The van der Waals surface area contributed by atoms with Crippen LogP contribution in [0.3, 0.4) is 0 Å². The van der Waals surface area contributed by atoms with Gasteiger partial charge in [0.15, 0.2) is 6.61 Å². The summed E-state index contributed by atoms with van der Waals surface area (Å²) in [5, 5.41) is 23.8. The second-order valence-corrected chi connectivity index (χ2v) is 10.7. The molecule has 13 heteroatoms.